The second kappa shape index (κ2) is 4.37. The van der Waals surface area contributed by atoms with E-state index in [1.54, 1.807) is 0 Å². The Morgan fingerprint density at radius 3 is 3.00 bits per heavy atom. The molecule has 1 aliphatic rings. The van der Waals surface area contributed by atoms with Gasteiger partial charge >= 0.3 is 0 Å². The minimum absolute atomic E-state index is 0.208. The molecule has 0 spiro atoms. The third-order valence-corrected chi connectivity index (χ3v) is 3.50. The average molecular weight is 227 g/mol. The van der Waals surface area contributed by atoms with Gasteiger partial charge in [-0.3, -0.25) is 0 Å². The molecule has 1 saturated carbocycles. The highest BCUT2D eigenvalue weighted by Crippen LogP contribution is 2.47. The summed E-state index contributed by atoms with van der Waals surface area (Å²) in [5, 5.41) is 13.3. The van der Waals surface area contributed by atoms with E-state index in [2.05, 4.69) is 9.69 Å². The lowest BCUT2D eigenvalue weighted by Gasteiger charge is -2.10. The highest BCUT2D eigenvalue weighted by molar-refractivity contribution is 7.10. The van der Waals surface area contributed by atoms with Crippen LogP contribution in [-0.4, -0.2) is 22.6 Å². The summed E-state index contributed by atoms with van der Waals surface area (Å²) in [6.45, 7) is 2.99. The fourth-order valence-electron chi connectivity index (χ4n) is 1.54. The lowest BCUT2D eigenvalue weighted by atomic mass is 10.2. The molecule has 1 unspecified atom stereocenters. The van der Waals surface area contributed by atoms with Crippen LogP contribution in [-0.2, 0) is 0 Å². The minimum Gasteiger partial charge on any atom is -0.396 e. The first kappa shape index (κ1) is 10.7. The van der Waals surface area contributed by atoms with Crippen molar-refractivity contribution in [3.8, 4) is 0 Å². The summed E-state index contributed by atoms with van der Waals surface area (Å²) in [6, 6.07) is 0. The summed E-state index contributed by atoms with van der Waals surface area (Å²) in [5.41, 5.74) is 7.03. The van der Waals surface area contributed by atoms with Crippen LogP contribution in [0.5, 0.6) is 0 Å². The molecule has 1 atom stereocenters. The molecule has 1 aliphatic carbocycles. The number of nitrogens with two attached hydrogens (primary N) is 1. The standard InChI is InChI=1S/C10H17N3OS/c1-6(5-14)4-12-10-8(7-2-3-7)9(11)13-15-10/h6-7,12,14H,2-5H2,1H3,(H2,11,13). The van der Waals surface area contributed by atoms with Crippen molar-refractivity contribution >= 4 is 22.4 Å². The van der Waals surface area contributed by atoms with Crippen molar-refractivity contribution in [1.82, 2.24) is 4.37 Å². The zero-order chi connectivity index (χ0) is 10.8. The Kier molecular flexibility index (Phi) is 3.11. The molecule has 0 bridgehead atoms. The van der Waals surface area contributed by atoms with Crippen molar-refractivity contribution in [2.75, 3.05) is 24.2 Å². The van der Waals surface area contributed by atoms with Crippen LogP contribution < -0.4 is 11.1 Å². The van der Waals surface area contributed by atoms with Gasteiger partial charge in [0.25, 0.3) is 0 Å². The van der Waals surface area contributed by atoms with Crippen LogP contribution in [0.2, 0.25) is 0 Å². The molecule has 1 aromatic rings. The molecule has 1 heterocycles. The Morgan fingerprint density at radius 1 is 1.67 bits per heavy atom. The maximum atomic E-state index is 8.93. The van der Waals surface area contributed by atoms with Crippen molar-refractivity contribution in [3.63, 3.8) is 0 Å². The molecule has 4 N–H and O–H groups in total. The molecule has 0 radical (unpaired) electrons. The van der Waals surface area contributed by atoms with Gasteiger partial charge in [-0.1, -0.05) is 6.92 Å². The maximum absolute atomic E-state index is 8.93. The van der Waals surface area contributed by atoms with Gasteiger partial charge in [0.1, 0.15) is 10.8 Å². The highest BCUT2D eigenvalue weighted by Gasteiger charge is 2.30. The fourth-order valence-corrected chi connectivity index (χ4v) is 2.34. The van der Waals surface area contributed by atoms with Crippen LogP contribution in [0.4, 0.5) is 10.8 Å². The van der Waals surface area contributed by atoms with E-state index in [1.807, 2.05) is 6.92 Å². The summed E-state index contributed by atoms with van der Waals surface area (Å²) in [5.74, 6) is 1.57. The zero-order valence-corrected chi connectivity index (χ0v) is 9.68. The Morgan fingerprint density at radius 2 is 2.40 bits per heavy atom. The Bertz CT molecular complexity index is 335. The molecular formula is C10H17N3OS. The molecule has 4 nitrogen and oxygen atoms in total. The second-order valence-electron chi connectivity index (χ2n) is 4.25. The molecule has 0 aromatic carbocycles. The number of hydrogen-bond donors (Lipinski definition) is 3. The van der Waals surface area contributed by atoms with Crippen LogP contribution in [0.3, 0.4) is 0 Å². The van der Waals surface area contributed by atoms with Crippen LogP contribution >= 0.6 is 11.5 Å². The van der Waals surface area contributed by atoms with E-state index in [0.29, 0.717) is 11.7 Å². The summed E-state index contributed by atoms with van der Waals surface area (Å²) in [6.07, 6.45) is 2.46. The molecule has 2 rings (SSSR count). The van der Waals surface area contributed by atoms with E-state index in [1.165, 1.54) is 29.9 Å². The summed E-state index contributed by atoms with van der Waals surface area (Å²) in [4.78, 5) is 0. The number of nitrogens with zero attached hydrogens (tertiary/aromatic N) is 1. The zero-order valence-electron chi connectivity index (χ0n) is 8.86. The molecule has 0 aliphatic heterocycles. The third kappa shape index (κ3) is 2.41. The van der Waals surface area contributed by atoms with E-state index in [0.717, 1.165) is 11.5 Å². The number of aliphatic hydroxyl groups excluding tert-OH is 1. The molecule has 0 saturated heterocycles. The van der Waals surface area contributed by atoms with Gasteiger partial charge in [0.2, 0.25) is 0 Å². The number of aromatic nitrogens is 1. The molecule has 84 valence electrons. The first-order valence-electron chi connectivity index (χ1n) is 5.32. The average Bonchev–Trinajstić information content (AvgIpc) is 3.00. The van der Waals surface area contributed by atoms with Crippen molar-refractivity contribution in [2.45, 2.75) is 25.7 Å². The molecule has 1 aromatic heterocycles. The van der Waals surface area contributed by atoms with Gasteiger partial charge in [0.15, 0.2) is 0 Å². The van der Waals surface area contributed by atoms with Crippen molar-refractivity contribution in [2.24, 2.45) is 5.92 Å². The topological polar surface area (TPSA) is 71.2 Å². The predicted octanol–water partition coefficient (Wildman–Crippen LogP) is 1.64. The van der Waals surface area contributed by atoms with Gasteiger partial charge in [-0.05, 0) is 36.2 Å². The quantitative estimate of drug-likeness (QED) is 0.715. The first-order valence-corrected chi connectivity index (χ1v) is 6.09. The Balaban J connectivity index is 2.01. The van der Waals surface area contributed by atoms with E-state index >= 15 is 0 Å². The van der Waals surface area contributed by atoms with Crippen molar-refractivity contribution in [1.29, 1.82) is 0 Å². The van der Waals surface area contributed by atoms with Gasteiger partial charge in [0, 0.05) is 18.7 Å². The molecule has 5 heteroatoms. The Labute approximate surface area is 93.7 Å². The third-order valence-electron chi connectivity index (χ3n) is 2.66. The second-order valence-corrected chi connectivity index (χ2v) is 5.03. The normalized spacial score (nSPS) is 17.7. The van der Waals surface area contributed by atoms with Gasteiger partial charge in [-0.15, -0.1) is 0 Å². The number of anilines is 2. The van der Waals surface area contributed by atoms with Gasteiger partial charge in [0.05, 0.1) is 0 Å². The van der Waals surface area contributed by atoms with Crippen LogP contribution in [0.15, 0.2) is 0 Å². The number of aliphatic hydroxyl groups is 1. The lowest BCUT2D eigenvalue weighted by molar-refractivity contribution is 0.244. The lowest BCUT2D eigenvalue weighted by Crippen LogP contribution is -2.14. The maximum Gasteiger partial charge on any atom is 0.142 e. The monoisotopic (exact) mass is 227 g/mol. The SMILES string of the molecule is CC(CO)CNc1snc(N)c1C1CC1. The summed E-state index contributed by atoms with van der Waals surface area (Å²) in [7, 11) is 0. The Hall–Kier alpha value is -0.810. The number of nitrogens with one attached hydrogen (secondary N) is 1. The van der Waals surface area contributed by atoms with Crippen molar-refractivity contribution in [3.05, 3.63) is 5.56 Å². The van der Waals surface area contributed by atoms with E-state index < -0.39 is 0 Å². The van der Waals surface area contributed by atoms with Crippen LogP contribution in [0, 0.1) is 5.92 Å². The predicted molar refractivity (Wildman–Crippen MR) is 63.2 cm³/mol. The van der Waals surface area contributed by atoms with Gasteiger partial charge in [-0.25, -0.2) is 0 Å². The first-order chi connectivity index (χ1) is 7.22. The summed E-state index contributed by atoms with van der Waals surface area (Å²) < 4.78 is 4.18. The van der Waals surface area contributed by atoms with Crippen LogP contribution in [0.25, 0.3) is 0 Å². The largest absolute Gasteiger partial charge is 0.396 e. The van der Waals surface area contributed by atoms with E-state index in [-0.39, 0.29) is 12.5 Å². The molecule has 0 amide bonds. The smallest absolute Gasteiger partial charge is 0.142 e. The minimum atomic E-state index is 0.208. The van der Waals surface area contributed by atoms with Crippen molar-refractivity contribution < 1.29 is 5.11 Å². The highest BCUT2D eigenvalue weighted by atomic mass is 32.1. The molecular weight excluding hydrogens is 210 g/mol. The number of rotatable bonds is 5. The van der Waals surface area contributed by atoms with E-state index in [4.69, 9.17) is 10.8 Å². The van der Waals surface area contributed by atoms with Gasteiger partial charge in [-0.2, -0.15) is 4.37 Å². The van der Waals surface area contributed by atoms with E-state index in [9.17, 15) is 0 Å². The molecule has 1 fully saturated rings. The summed E-state index contributed by atoms with van der Waals surface area (Å²) >= 11 is 1.43. The fraction of sp³-hybridized carbons (Fsp3) is 0.700. The number of nitrogen functional groups attached to an aromatic ring is 1. The number of hydrogen-bond acceptors (Lipinski definition) is 5. The van der Waals surface area contributed by atoms with Crippen LogP contribution in [0.1, 0.15) is 31.2 Å². The molecule has 15 heavy (non-hydrogen) atoms. The van der Waals surface area contributed by atoms with Gasteiger partial charge < -0.3 is 16.2 Å².